The van der Waals surface area contributed by atoms with Crippen LogP contribution in [0.25, 0.3) is 0 Å². The van der Waals surface area contributed by atoms with E-state index in [2.05, 4.69) is 0 Å². The van der Waals surface area contributed by atoms with Crippen LogP contribution in [0.1, 0.15) is 53.4 Å². The van der Waals surface area contributed by atoms with Gasteiger partial charge in [0.2, 0.25) is 10.0 Å². The van der Waals surface area contributed by atoms with Gasteiger partial charge in [-0.3, -0.25) is 0 Å². The van der Waals surface area contributed by atoms with Crippen molar-refractivity contribution in [2.75, 3.05) is 12.3 Å². The lowest BCUT2D eigenvalue weighted by Crippen LogP contribution is -2.47. The summed E-state index contributed by atoms with van der Waals surface area (Å²) >= 11 is 0. The molecule has 2 atom stereocenters. The molecule has 5 heteroatoms. The van der Waals surface area contributed by atoms with Crippen molar-refractivity contribution >= 4 is 10.0 Å². The summed E-state index contributed by atoms with van der Waals surface area (Å²) in [5.41, 5.74) is -0.230. The van der Waals surface area contributed by atoms with Gasteiger partial charge in [0.15, 0.2) is 0 Å². The minimum Gasteiger partial charge on any atom is -0.393 e. The summed E-state index contributed by atoms with van der Waals surface area (Å²) in [6, 6.07) is -0.0221. The Morgan fingerprint density at radius 2 is 1.94 bits per heavy atom. The molecule has 1 saturated heterocycles. The zero-order valence-corrected chi connectivity index (χ0v) is 12.8. The summed E-state index contributed by atoms with van der Waals surface area (Å²) in [4.78, 5) is 0. The first-order chi connectivity index (χ1) is 8.12. The molecule has 0 spiro atoms. The van der Waals surface area contributed by atoms with Crippen molar-refractivity contribution in [2.24, 2.45) is 5.41 Å². The van der Waals surface area contributed by atoms with Crippen LogP contribution in [-0.4, -0.2) is 42.3 Å². The lowest BCUT2D eigenvalue weighted by atomic mass is 10.00. The standard InChI is InChI=1S/C13H27NO3S/c1-11(15)9-12-7-5-6-8-14(12)18(16,17)10-13(2,3)4/h11-12,15H,5-10H2,1-4H3. The summed E-state index contributed by atoms with van der Waals surface area (Å²) < 4.78 is 26.5. The molecule has 1 aliphatic heterocycles. The Balaban J connectivity index is 2.82. The Hall–Kier alpha value is -0.130. The van der Waals surface area contributed by atoms with Crippen molar-refractivity contribution in [3.63, 3.8) is 0 Å². The molecule has 0 saturated carbocycles. The van der Waals surface area contributed by atoms with E-state index in [1.807, 2.05) is 20.8 Å². The summed E-state index contributed by atoms with van der Waals surface area (Å²) in [6.45, 7) is 8.16. The molecule has 0 aromatic heterocycles. The molecule has 0 amide bonds. The molecule has 1 fully saturated rings. The third kappa shape index (κ3) is 4.86. The summed E-state index contributed by atoms with van der Waals surface area (Å²) in [6.07, 6.45) is 2.96. The van der Waals surface area contributed by atoms with Crippen LogP contribution in [0.5, 0.6) is 0 Å². The zero-order valence-electron chi connectivity index (χ0n) is 12.0. The lowest BCUT2D eigenvalue weighted by Gasteiger charge is -2.37. The molecule has 0 aliphatic carbocycles. The van der Waals surface area contributed by atoms with Crippen LogP contribution in [0.4, 0.5) is 0 Å². The third-order valence-electron chi connectivity index (χ3n) is 3.16. The van der Waals surface area contributed by atoms with Crippen LogP contribution in [0.15, 0.2) is 0 Å². The number of sulfonamides is 1. The first-order valence-corrected chi connectivity index (χ1v) is 8.40. The Morgan fingerprint density at radius 3 is 2.44 bits per heavy atom. The van der Waals surface area contributed by atoms with E-state index in [-0.39, 0.29) is 17.2 Å². The number of aliphatic hydroxyl groups is 1. The van der Waals surface area contributed by atoms with Crippen LogP contribution in [0.3, 0.4) is 0 Å². The summed E-state index contributed by atoms with van der Waals surface area (Å²) in [5.74, 6) is 0.177. The van der Waals surface area contributed by atoms with E-state index >= 15 is 0 Å². The Labute approximate surface area is 111 Å². The Bertz CT molecular complexity index is 357. The highest BCUT2D eigenvalue weighted by molar-refractivity contribution is 7.89. The molecule has 0 aromatic rings. The van der Waals surface area contributed by atoms with Gasteiger partial charge in [-0.1, -0.05) is 27.2 Å². The van der Waals surface area contributed by atoms with Gasteiger partial charge in [-0.15, -0.1) is 0 Å². The van der Waals surface area contributed by atoms with Gasteiger partial charge < -0.3 is 5.11 Å². The molecule has 1 heterocycles. The van der Waals surface area contributed by atoms with Gasteiger partial charge in [0, 0.05) is 12.6 Å². The SMILES string of the molecule is CC(O)CC1CCCCN1S(=O)(=O)CC(C)(C)C. The van der Waals surface area contributed by atoms with E-state index in [0.717, 1.165) is 19.3 Å². The zero-order chi connectivity index (χ0) is 14.0. The van der Waals surface area contributed by atoms with Gasteiger partial charge in [-0.25, -0.2) is 8.42 Å². The van der Waals surface area contributed by atoms with E-state index in [1.54, 1.807) is 11.2 Å². The molecule has 0 aromatic carbocycles. The van der Waals surface area contributed by atoms with Crippen molar-refractivity contribution in [3.8, 4) is 0 Å². The first kappa shape index (κ1) is 15.9. The smallest absolute Gasteiger partial charge is 0.214 e. The molecule has 1 aliphatic rings. The normalized spacial score (nSPS) is 25.1. The molecule has 4 nitrogen and oxygen atoms in total. The minimum absolute atomic E-state index is 0.0221. The predicted molar refractivity (Wildman–Crippen MR) is 73.9 cm³/mol. The van der Waals surface area contributed by atoms with Gasteiger partial charge >= 0.3 is 0 Å². The molecule has 2 unspecified atom stereocenters. The van der Waals surface area contributed by atoms with Crippen LogP contribution < -0.4 is 0 Å². The molecule has 1 rings (SSSR count). The van der Waals surface area contributed by atoms with E-state index in [4.69, 9.17) is 0 Å². The van der Waals surface area contributed by atoms with Crippen molar-refractivity contribution in [1.82, 2.24) is 4.31 Å². The molecule has 0 bridgehead atoms. The number of nitrogens with zero attached hydrogens (tertiary/aromatic N) is 1. The number of piperidine rings is 1. The number of hydrogen-bond acceptors (Lipinski definition) is 3. The fourth-order valence-electron chi connectivity index (χ4n) is 2.60. The molecule has 108 valence electrons. The summed E-state index contributed by atoms with van der Waals surface area (Å²) in [5, 5.41) is 9.50. The molecular formula is C13H27NO3S. The number of hydrogen-bond donors (Lipinski definition) is 1. The second-order valence-electron chi connectivity index (χ2n) is 6.66. The molecule has 1 N–H and O–H groups in total. The number of aliphatic hydroxyl groups excluding tert-OH is 1. The van der Waals surface area contributed by atoms with Crippen LogP contribution in [0, 0.1) is 5.41 Å². The van der Waals surface area contributed by atoms with E-state index in [0.29, 0.717) is 13.0 Å². The monoisotopic (exact) mass is 277 g/mol. The van der Waals surface area contributed by atoms with Gasteiger partial charge in [0.25, 0.3) is 0 Å². The second kappa shape index (κ2) is 5.88. The minimum atomic E-state index is -3.21. The average Bonchev–Trinajstić information content (AvgIpc) is 2.13. The molecule has 0 radical (unpaired) electrons. The van der Waals surface area contributed by atoms with Gasteiger partial charge in [0.05, 0.1) is 11.9 Å². The van der Waals surface area contributed by atoms with Crippen molar-refractivity contribution < 1.29 is 13.5 Å². The maximum Gasteiger partial charge on any atom is 0.214 e. The fraction of sp³-hybridized carbons (Fsp3) is 1.00. The topological polar surface area (TPSA) is 57.6 Å². The first-order valence-electron chi connectivity index (χ1n) is 6.79. The van der Waals surface area contributed by atoms with Crippen LogP contribution in [0.2, 0.25) is 0 Å². The largest absolute Gasteiger partial charge is 0.393 e. The maximum atomic E-state index is 12.4. The van der Waals surface area contributed by atoms with Crippen molar-refractivity contribution in [1.29, 1.82) is 0 Å². The van der Waals surface area contributed by atoms with Crippen LogP contribution >= 0.6 is 0 Å². The number of rotatable bonds is 4. The van der Waals surface area contributed by atoms with Crippen molar-refractivity contribution in [2.45, 2.75) is 65.5 Å². The van der Waals surface area contributed by atoms with Gasteiger partial charge in [-0.05, 0) is 31.6 Å². The average molecular weight is 277 g/mol. The highest BCUT2D eigenvalue weighted by Gasteiger charge is 2.35. The Kier molecular flexibility index (Phi) is 5.21. The van der Waals surface area contributed by atoms with Crippen molar-refractivity contribution in [3.05, 3.63) is 0 Å². The lowest BCUT2D eigenvalue weighted by molar-refractivity contribution is 0.131. The van der Waals surface area contributed by atoms with Crippen LogP contribution in [-0.2, 0) is 10.0 Å². The van der Waals surface area contributed by atoms with E-state index in [1.165, 1.54) is 0 Å². The quantitative estimate of drug-likeness (QED) is 0.855. The van der Waals surface area contributed by atoms with Gasteiger partial charge in [0.1, 0.15) is 0 Å². The summed E-state index contributed by atoms with van der Waals surface area (Å²) in [7, 11) is -3.21. The van der Waals surface area contributed by atoms with Gasteiger partial charge in [-0.2, -0.15) is 4.31 Å². The van der Waals surface area contributed by atoms with E-state index in [9.17, 15) is 13.5 Å². The predicted octanol–water partition coefficient (Wildman–Crippen LogP) is 1.99. The highest BCUT2D eigenvalue weighted by Crippen LogP contribution is 2.27. The third-order valence-corrected chi connectivity index (χ3v) is 5.59. The molecule has 18 heavy (non-hydrogen) atoms. The Morgan fingerprint density at radius 1 is 1.33 bits per heavy atom. The second-order valence-corrected chi connectivity index (χ2v) is 8.58. The maximum absolute atomic E-state index is 12.4. The molecular weight excluding hydrogens is 250 g/mol. The highest BCUT2D eigenvalue weighted by atomic mass is 32.2. The van der Waals surface area contributed by atoms with E-state index < -0.39 is 16.1 Å². The fourth-order valence-corrected chi connectivity index (χ4v) is 4.91.